The number of rotatable bonds is 5. The van der Waals surface area contributed by atoms with E-state index in [1.54, 1.807) is 18.2 Å². The summed E-state index contributed by atoms with van der Waals surface area (Å²) in [5.41, 5.74) is 2.36. The number of nitrogens with one attached hydrogen (secondary N) is 1. The van der Waals surface area contributed by atoms with Gasteiger partial charge >= 0.3 is 0 Å². The number of benzene rings is 1. The van der Waals surface area contributed by atoms with Gasteiger partial charge in [0.25, 0.3) is 5.91 Å². The molecule has 104 valence electrons. The van der Waals surface area contributed by atoms with Gasteiger partial charge in [-0.25, -0.2) is 5.43 Å². The third-order valence-corrected chi connectivity index (χ3v) is 3.16. The Labute approximate surface area is 124 Å². The fourth-order valence-electron chi connectivity index (χ4n) is 1.41. The quantitative estimate of drug-likeness (QED) is 0.674. The lowest BCUT2D eigenvalue weighted by Gasteiger charge is -2.03. The summed E-state index contributed by atoms with van der Waals surface area (Å²) in [6.07, 6.45) is 1.43. The van der Waals surface area contributed by atoms with Gasteiger partial charge in [-0.05, 0) is 35.0 Å². The first-order chi connectivity index (χ1) is 9.65. The molecule has 20 heavy (non-hydrogen) atoms. The van der Waals surface area contributed by atoms with E-state index in [4.69, 9.17) is 9.15 Å². The molecule has 0 aliphatic rings. The molecule has 0 aliphatic carbocycles. The van der Waals surface area contributed by atoms with Crippen LogP contribution in [0.4, 0.5) is 0 Å². The van der Waals surface area contributed by atoms with Crippen LogP contribution in [0.15, 0.2) is 50.4 Å². The van der Waals surface area contributed by atoms with Crippen molar-refractivity contribution in [2.24, 2.45) is 5.10 Å². The highest BCUT2D eigenvalue weighted by molar-refractivity contribution is 9.10. The second-order valence-corrected chi connectivity index (χ2v) is 4.80. The van der Waals surface area contributed by atoms with Crippen LogP contribution in [0.1, 0.15) is 11.5 Å². The highest BCUT2D eigenvalue weighted by Crippen LogP contribution is 2.18. The number of halogens is 1. The van der Waals surface area contributed by atoms with Crippen LogP contribution in [0.2, 0.25) is 0 Å². The maximum atomic E-state index is 11.5. The molecule has 1 aromatic heterocycles. The van der Waals surface area contributed by atoms with Crippen molar-refractivity contribution in [3.63, 3.8) is 0 Å². The number of hydrazone groups is 1. The maximum absolute atomic E-state index is 11.5. The summed E-state index contributed by atoms with van der Waals surface area (Å²) in [6.45, 7) is 1.73. The van der Waals surface area contributed by atoms with Gasteiger partial charge in [0.2, 0.25) is 0 Å². The van der Waals surface area contributed by atoms with Gasteiger partial charge < -0.3 is 9.15 Å². The van der Waals surface area contributed by atoms with Gasteiger partial charge in [0.15, 0.2) is 6.61 Å². The molecule has 0 bridgehead atoms. The number of amides is 1. The Kier molecular flexibility index (Phi) is 4.95. The highest BCUT2D eigenvalue weighted by atomic mass is 79.9. The second-order valence-electron chi connectivity index (χ2n) is 3.95. The molecule has 1 N–H and O–H groups in total. The highest BCUT2D eigenvalue weighted by Gasteiger charge is 2.03. The number of ether oxygens (including phenoxy) is 1. The minimum Gasteiger partial charge on any atom is -0.484 e. The predicted octanol–water partition coefficient (Wildman–Crippen LogP) is 2.88. The molecule has 2 aromatic rings. The lowest BCUT2D eigenvalue weighted by molar-refractivity contribution is -0.123. The molecule has 6 heteroatoms. The molecule has 0 spiro atoms. The molecule has 0 atom stereocenters. The summed E-state index contributed by atoms with van der Waals surface area (Å²) in [6, 6.07) is 10.9. The van der Waals surface area contributed by atoms with Crippen LogP contribution in [-0.4, -0.2) is 18.7 Å². The summed E-state index contributed by atoms with van der Waals surface area (Å²) in [5, 5.41) is 3.79. The average Bonchev–Trinajstić information content (AvgIpc) is 2.76. The van der Waals surface area contributed by atoms with Crippen LogP contribution >= 0.6 is 15.9 Å². The van der Waals surface area contributed by atoms with Gasteiger partial charge in [-0.3, -0.25) is 4.79 Å². The zero-order valence-corrected chi connectivity index (χ0v) is 12.4. The van der Waals surface area contributed by atoms with E-state index in [2.05, 4.69) is 26.5 Å². The molecule has 1 heterocycles. The van der Waals surface area contributed by atoms with Crippen LogP contribution in [0, 0.1) is 6.92 Å². The Bertz CT molecular complexity index is 589. The molecule has 0 saturated heterocycles. The van der Waals surface area contributed by atoms with E-state index < -0.39 is 0 Å². The van der Waals surface area contributed by atoms with E-state index in [0.29, 0.717) is 11.5 Å². The molecular weight excluding hydrogens is 324 g/mol. The first-order valence-electron chi connectivity index (χ1n) is 5.91. The van der Waals surface area contributed by atoms with Crippen LogP contribution in [-0.2, 0) is 4.79 Å². The number of carbonyl (C=O) groups is 1. The number of para-hydroxylation sites is 1. The first-order valence-corrected chi connectivity index (χ1v) is 6.70. The van der Waals surface area contributed by atoms with Crippen molar-refractivity contribution >= 4 is 28.1 Å². The van der Waals surface area contributed by atoms with Gasteiger partial charge in [0, 0.05) is 6.07 Å². The molecule has 0 unspecified atom stereocenters. The Morgan fingerprint density at radius 3 is 2.85 bits per heavy atom. The van der Waals surface area contributed by atoms with Gasteiger partial charge in [0.05, 0.1) is 10.7 Å². The van der Waals surface area contributed by atoms with Gasteiger partial charge in [-0.2, -0.15) is 5.10 Å². The molecular formula is C14H13BrN2O3. The normalized spacial score (nSPS) is 10.7. The van der Waals surface area contributed by atoms with Crippen molar-refractivity contribution in [1.29, 1.82) is 0 Å². The van der Waals surface area contributed by atoms with Crippen LogP contribution in [0.25, 0.3) is 0 Å². The van der Waals surface area contributed by atoms with Crippen molar-refractivity contribution in [2.75, 3.05) is 6.61 Å². The summed E-state index contributed by atoms with van der Waals surface area (Å²) < 4.78 is 11.5. The third-order valence-electron chi connectivity index (χ3n) is 2.37. The zero-order chi connectivity index (χ0) is 14.4. The summed E-state index contributed by atoms with van der Waals surface area (Å²) in [4.78, 5) is 11.5. The largest absolute Gasteiger partial charge is 0.484 e. The summed E-state index contributed by atoms with van der Waals surface area (Å²) in [7, 11) is 0. The lowest BCUT2D eigenvalue weighted by atomic mass is 10.3. The van der Waals surface area contributed by atoms with Crippen molar-refractivity contribution < 1.29 is 13.9 Å². The third kappa shape index (κ3) is 4.24. The summed E-state index contributed by atoms with van der Waals surface area (Å²) >= 11 is 3.32. The molecule has 0 aliphatic heterocycles. The number of hydrogen-bond acceptors (Lipinski definition) is 4. The van der Waals surface area contributed by atoms with Gasteiger partial charge in [0.1, 0.15) is 17.3 Å². The van der Waals surface area contributed by atoms with Crippen molar-refractivity contribution in [2.45, 2.75) is 6.92 Å². The molecule has 1 amide bonds. The fourth-order valence-corrected chi connectivity index (χ4v) is 1.72. The number of nitrogens with zero attached hydrogens (tertiary/aromatic N) is 1. The first kappa shape index (κ1) is 14.3. The van der Waals surface area contributed by atoms with Crippen molar-refractivity contribution in [1.82, 2.24) is 5.43 Å². The van der Waals surface area contributed by atoms with E-state index >= 15 is 0 Å². The van der Waals surface area contributed by atoms with E-state index in [-0.39, 0.29) is 12.5 Å². The minimum atomic E-state index is -0.340. The number of hydrogen-bond donors (Lipinski definition) is 1. The number of carbonyl (C=O) groups excluding carboxylic acids is 1. The second kappa shape index (κ2) is 6.91. The fraction of sp³-hybridized carbons (Fsp3) is 0.143. The number of furan rings is 1. The smallest absolute Gasteiger partial charge is 0.277 e. The molecule has 0 fully saturated rings. The minimum absolute atomic E-state index is 0.0950. The van der Waals surface area contributed by atoms with Gasteiger partial charge in [-0.1, -0.05) is 18.2 Å². The average molecular weight is 337 g/mol. The Hall–Kier alpha value is -2.08. The molecule has 2 rings (SSSR count). The van der Waals surface area contributed by atoms with E-state index in [1.165, 1.54) is 6.21 Å². The number of aryl methyl sites for hydroxylation is 1. The van der Waals surface area contributed by atoms with Crippen molar-refractivity contribution in [3.05, 3.63) is 52.4 Å². The monoisotopic (exact) mass is 336 g/mol. The van der Waals surface area contributed by atoms with E-state index in [0.717, 1.165) is 10.2 Å². The summed E-state index contributed by atoms with van der Waals surface area (Å²) in [5.74, 6) is 1.61. The lowest BCUT2D eigenvalue weighted by Crippen LogP contribution is -2.24. The van der Waals surface area contributed by atoms with Crippen molar-refractivity contribution in [3.8, 4) is 5.75 Å². The van der Waals surface area contributed by atoms with E-state index in [1.807, 2.05) is 25.1 Å². The van der Waals surface area contributed by atoms with Crippen LogP contribution in [0.5, 0.6) is 5.75 Å². The van der Waals surface area contributed by atoms with E-state index in [9.17, 15) is 4.79 Å². The van der Waals surface area contributed by atoms with Gasteiger partial charge in [-0.15, -0.1) is 0 Å². The standard InChI is InChI=1S/C14H13BrN2O3/c1-10-13(15)7-12(20-10)8-16-17-14(18)9-19-11-5-3-2-4-6-11/h2-8H,9H2,1H3,(H,17,18)/b16-8-. The molecule has 0 radical (unpaired) electrons. The SMILES string of the molecule is Cc1oc(/C=N\NC(=O)COc2ccccc2)cc1Br. The molecule has 1 aromatic carbocycles. The Balaban J connectivity index is 1.77. The van der Waals surface area contributed by atoms with Crippen LogP contribution < -0.4 is 10.2 Å². The Morgan fingerprint density at radius 1 is 1.45 bits per heavy atom. The van der Waals surface area contributed by atoms with Crippen LogP contribution in [0.3, 0.4) is 0 Å². The Morgan fingerprint density at radius 2 is 2.20 bits per heavy atom. The molecule has 5 nitrogen and oxygen atoms in total. The predicted molar refractivity (Wildman–Crippen MR) is 78.8 cm³/mol. The topological polar surface area (TPSA) is 63.8 Å². The molecule has 0 saturated carbocycles. The maximum Gasteiger partial charge on any atom is 0.277 e. The zero-order valence-electron chi connectivity index (χ0n) is 10.8.